The summed E-state index contributed by atoms with van der Waals surface area (Å²) in [7, 11) is -4.28. The van der Waals surface area contributed by atoms with E-state index in [9.17, 15) is 13.2 Å². The molecule has 3 aromatic rings. The molecule has 1 aromatic heterocycles. The third-order valence-electron chi connectivity index (χ3n) is 5.49. The monoisotopic (exact) mass is 589 g/mol. The highest BCUT2D eigenvalue weighted by Crippen LogP contribution is 2.33. The van der Waals surface area contributed by atoms with E-state index in [-0.39, 0.29) is 11.4 Å². The fraction of sp³-hybridized carbons (Fsp3) is 0.333. The average molecular weight is 591 g/mol. The Morgan fingerprint density at radius 1 is 1.00 bits per heavy atom. The summed E-state index contributed by atoms with van der Waals surface area (Å²) < 4.78 is 35.0. The zero-order valence-corrected chi connectivity index (χ0v) is 23.9. The topological polar surface area (TPSA) is 107 Å². The van der Waals surface area contributed by atoms with E-state index in [2.05, 4.69) is 31.7 Å². The molecule has 10 heteroatoms. The number of nitrogens with one attached hydrogen (secondary N) is 2. The molecular weight excluding hydrogens is 558 g/mol. The fourth-order valence-corrected chi connectivity index (χ4v) is 5.90. The second kappa shape index (κ2) is 11.7. The number of amides is 1. The SMILES string of the molecule is CC(C)[C@](NCc1cccnc1)(C(=O)NOC(C)(C)C)S(=O)(=O)c1ccc(Oc2ccc(Br)cc2)cc1. The number of nitrogens with zero attached hydrogens (tertiary/aromatic N) is 1. The molecule has 1 atom stereocenters. The Morgan fingerprint density at radius 3 is 2.11 bits per heavy atom. The third kappa shape index (κ3) is 6.95. The summed E-state index contributed by atoms with van der Waals surface area (Å²) in [4.78, 5) is 21.1. The van der Waals surface area contributed by atoms with Crippen molar-refractivity contribution in [2.75, 3.05) is 0 Å². The van der Waals surface area contributed by atoms with Crippen molar-refractivity contribution in [3.05, 3.63) is 83.1 Å². The molecule has 0 radical (unpaired) electrons. The number of ether oxygens (including phenoxy) is 1. The first kappa shape index (κ1) is 28.8. The molecule has 0 aliphatic rings. The molecule has 0 spiro atoms. The van der Waals surface area contributed by atoms with Crippen molar-refractivity contribution >= 4 is 31.7 Å². The van der Waals surface area contributed by atoms with Gasteiger partial charge in [-0.15, -0.1) is 0 Å². The molecule has 0 saturated heterocycles. The Kier molecular flexibility index (Phi) is 9.12. The van der Waals surface area contributed by atoms with Crippen LogP contribution in [0.15, 0.2) is 82.4 Å². The first-order chi connectivity index (χ1) is 17.3. The molecule has 0 fully saturated rings. The van der Waals surface area contributed by atoms with Gasteiger partial charge in [-0.25, -0.2) is 13.9 Å². The lowest BCUT2D eigenvalue weighted by Crippen LogP contribution is -2.65. The van der Waals surface area contributed by atoms with Gasteiger partial charge in [-0.2, -0.15) is 0 Å². The van der Waals surface area contributed by atoms with Crippen molar-refractivity contribution in [1.82, 2.24) is 15.8 Å². The fourth-order valence-electron chi connectivity index (χ4n) is 3.60. The summed E-state index contributed by atoms with van der Waals surface area (Å²) >= 11 is 3.38. The quantitative estimate of drug-likeness (QED) is 0.305. The van der Waals surface area contributed by atoms with Crippen LogP contribution in [0.2, 0.25) is 0 Å². The van der Waals surface area contributed by atoms with E-state index < -0.39 is 32.1 Å². The van der Waals surface area contributed by atoms with Crippen molar-refractivity contribution in [2.45, 2.75) is 56.5 Å². The number of rotatable bonds is 10. The second-order valence-electron chi connectivity index (χ2n) is 9.78. The van der Waals surface area contributed by atoms with Gasteiger partial charge in [-0.3, -0.25) is 19.9 Å². The molecule has 0 aliphatic carbocycles. The largest absolute Gasteiger partial charge is 0.457 e. The zero-order valence-electron chi connectivity index (χ0n) is 21.5. The van der Waals surface area contributed by atoms with Crippen LogP contribution in [0.4, 0.5) is 0 Å². The lowest BCUT2D eigenvalue weighted by atomic mass is 10.0. The Bertz CT molecular complexity index is 1290. The van der Waals surface area contributed by atoms with Gasteiger partial charge in [0.05, 0.1) is 10.5 Å². The Balaban J connectivity index is 1.98. The number of pyridine rings is 1. The average Bonchev–Trinajstić information content (AvgIpc) is 2.85. The van der Waals surface area contributed by atoms with Crippen molar-refractivity contribution in [3.63, 3.8) is 0 Å². The Hall–Kier alpha value is -2.79. The van der Waals surface area contributed by atoms with Gasteiger partial charge in [0.25, 0.3) is 5.91 Å². The molecule has 0 unspecified atom stereocenters. The highest BCUT2D eigenvalue weighted by molar-refractivity contribution is 9.10. The summed E-state index contributed by atoms with van der Waals surface area (Å²) in [5, 5.41) is 3.03. The maximum atomic E-state index is 14.1. The number of carbonyl (C=O) groups excluding carboxylic acids is 1. The van der Waals surface area contributed by atoms with Gasteiger partial charge in [-0.1, -0.05) is 35.8 Å². The summed E-state index contributed by atoms with van der Waals surface area (Å²) in [6.45, 7) is 8.72. The van der Waals surface area contributed by atoms with E-state index in [0.29, 0.717) is 11.5 Å². The zero-order chi connectivity index (χ0) is 27.3. The van der Waals surface area contributed by atoms with Crippen LogP contribution in [0, 0.1) is 5.92 Å². The van der Waals surface area contributed by atoms with Crippen LogP contribution < -0.4 is 15.5 Å². The predicted octanol–water partition coefficient (Wildman–Crippen LogP) is 5.40. The molecule has 0 saturated carbocycles. The van der Waals surface area contributed by atoms with Gasteiger partial charge in [0.1, 0.15) is 11.5 Å². The van der Waals surface area contributed by atoms with Crippen LogP contribution in [0.3, 0.4) is 0 Å². The van der Waals surface area contributed by atoms with Gasteiger partial charge in [0.2, 0.25) is 14.7 Å². The Labute approximate surface area is 226 Å². The van der Waals surface area contributed by atoms with Crippen LogP contribution in [-0.2, 0) is 26.0 Å². The minimum Gasteiger partial charge on any atom is -0.457 e. The number of hydroxylamine groups is 1. The maximum absolute atomic E-state index is 14.1. The molecule has 0 bridgehead atoms. The number of sulfone groups is 1. The molecular formula is C27H32BrN3O5S. The molecule has 1 heterocycles. The standard InChI is InChI=1S/C27H32BrN3O5S/c1-19(2)27(25(32)31-36-26(3,4)5,30-18-20-7-6-16-29-17-20)37(33,34)24-14-12-23(13-15-24)35-22-10-8-21(28)9-11-22/h6-17,19,30H,18H2,1-5H3,(H,31,32)/t27-/m1/s1. The van der Waals surface area contributed by atoms with E-state index in [1.807, 2.05) is 12.1 Å². The van der Waals surface area contributed by atoms with Crippen molar-refractivity contribution in [2.24, 2.45) is 5.92 Å². The lowest BCUT2D eigenvalue weighted by molar-refractivity contribution is -0.150. The second-order valence-corrected chi connectivity index (χ2v) is 12.8. The van der Waals surface area contributed by atoms with Crippen LogP contribution in [0.5, 0.6) is 11.5 Å². The molecule has 8 nitrogen and oxygen atoms in total. The molecule has 198 valence electrons. The molecule has 37 heavy (non-hydrogen) atoms. The number of carbonyl (C=O) groups is 1. The van der Waals surface area contributed by atoms with Gasteiger partial charge < -0.3 is 4.74 Å². The molecule has 2 aromatic carbocycles. The number of aromatic nitrogens is 1. The number of hydrogen-bond acceptors (Lipinski definition) is 7. The minimum absolute atomic E-state index is 0.0334. The van der Waals surface area contributed by atoms with Gasteiger partial charge in [0, 0.05) is 23.4 Å². The number of benzene rings is 2. The summed E-state index contributed by atoms with van der Waals surface area (Å²) in [6, 6.07) is 16.8. The van der Waals surface area contributed by atoms with Gasteiger partial charge in [0.15, 0.2) is 0 Å². The van der Waals surface area contributed by atoms with E-state index in [1.54, 1.807) is 83.4 Å². The molecule has 2 N–H and O–H groups in total. The summed E-state index contributed by atoms with van der Waals surface area (Å²) in [5.41, 5.74) is 2.38. The summed E-state index contributed by atoms with van der Waals surface area (Å²) in [6.07, 6.45) is 3.24. The predicted molar refractivity (Wildman–Crippen MR) is 145 cm³/mol. The van der Waals surface area contributed by atoms with Gasteiger partial charge >= 0.3 is 0 Å². The Morgan fingerprint density at radius 2 is 1.59 bits per heavy atom. The van der Waals surface area contributed by atoms with Crippen LogP contribution in [0.25, 0.3) is 0 Å². The highest BCUT2D eigenvalue weighted by Gasteiger charge is 2.54. The van der Waals surface area contributed by atoms with E-state index in [0.717, 1.165) is 10.0 Å². The van der Waals surface area contributed by atoms with Crippen molar-refractivity contribution in [3.8, 4) is 11.5 Å². The lowest BCUT2D eigenvalue weighted by Gasteiger charge is -2.37. The van der Waals surface area contributed by atoms with Crippen molar-refractivity contribution in [1.29, 1.82) is 0 Å². The molecule has 3 rings (SSSR count). The number of hydrogen-bond donors (Lipinski definition) is 2. The smallest absolute Gasteiger partial charge is 0.280 e. The summed E-state index contributed by atoms with van der Waals surface area (Å²) in [5.74, 6) is -0.416. The highest BCUT2D eigenvalue weighted by atomic mass is 79.9. The normalized spacial score (nSPS) is 13.7. The molecule has 0 aliphatic heterocycles. The van der Waals surface area contributed by atoms with E-state index in [1.165, 1.54) is 12.1 Å². The third-order valence-corrected chi connectivity index (χ3v) is 8.56. The molecule has 1 amide bonds. The van der Waals surface area contributed by atoms with E-state index >= 15 is 0 Å². The number of halogens is 1. The van der Waals surface area contributed by atoms with Crippen molar-refractivity contribution < 1.29 is 22.8 Å². The maximum Gasteiger partial charge on any atom is 0.280 e. The minimum atomic E-state index is -4.28. The van der Waals surface area contributed by atoms with Crippen LogP contribution >= 0.6 is 15.9 Å². The van der Waals surface area contributed by atoms with Crippen LogP contribution in [0.1, 0.15) is 40.2 Å². The van der Waals surface area contributed by atoms with E-state index in [4.69, 9.17) is 9.57 Å². The first-order valence-corrected chi connectivity index (χ1v) is 14.0. The first-order valence-electron chi connectivity index (χ1n) is 11.8. The van der Waals surface area contributed by atoms with Gasteiger partial charge in [-0.05, 0) is 86.8 Å². The van der Waals surface area contributed by atoms with Crippen LogP contribution in [-0.4, -0.2) is 29.8 Å².